The van der Waals surface area contributed by atoms with Crippen LogP contribution in [0.4, 0.5) is 28.4 Å². The van der Waals surface area contributed by atoms with E-state index < -0.39 is 0 Å². The van der Waals surface area contributed by atoms with E-state index in [1.807, 2.05) is 0 Å². The highest BCUT2D eigenvalue weighted by Gasteiger charge is 2.41. The molecular weight excluding hydrogens is 689 g/mol. The highest BCUT2D eigenvalue weighted by atomic mass is 15.1. The molecule has 8 aromatic rings. The third kappa shape index (κ3) is 4.77. The van der Waals surface area contributed by atoms with Crippen molar-refractivity contribution in [2.24, 2.45) is 0 Å². The second kappa shape index (κ2) is 11.8. The van der Waals surface area contributed by atoms with Crippen LogP contribution in [0.2, 0.25) is 0 Å². The van der Waals surface area contributed by atoms with Crippen LogP contribution in [0.25, 0.3) is 44.2 Å². The molecule has 276 valence electrons. The molecule has 0 aromatic heterocycles. The fraction of sp³-hybridized carbons (Fsp3) is 0.164. The Morgan fingerprint density at radius 2 is 0.860 bits per heavy atom. The van der Waals surface area contributed by atoms with Crippen molar-refractivity contribution in [3.8, 4) is 33.4 Å². The van der Waals surface area contributed by atoms with Crippen molar-refractivity contribution in [3.05, 3.63) is 197 Å². The van der Waals surface area contributed by atoms with E-state index in [-0.39, 0.29) is 16.2 Å². The molecule has 0 amide bonds. The molecule has 0 unspecified atom stereocenters. The molecule has 3 aliphatic carbocycles. The highest BCUT2D eigenvalue weighted by Crippen LogP contribution is 2.58. The summed E-state index contributed by atoms with van der Waals surface area (Å²) in [7, 11) is 0. The van der Waals surface area contributed by atoms with Crippen LogP contribution in [0.15, 0.2) is 164 Å². The standard InChI is InChI=1S/C55H46N2/c1-53(2)45-22-14-12-20-40(45)42-27-24-35(31-47(42)53)56-36-25-28-44-48(32-36)55(5,6)50-30-34-16-10-11-19-39(34)52(51(44)50)57(37-17-8-7-9-18-37)38-26-29-43-41-21-13-15-23-46(41)54(3,4)49(43)33-38/h7-33,56H,1-6H3. The van der Waals surface area contributed by atoms with Gasteiger partial charge in [-0.15, -0.1) is 0 Å². The molecule has 0 radical (unpaired) electrons. The molecule has 0 spiro atoms. The van der Waals surface area contributed by atoms with Crippen LogP contribution in [0, 0.1) is 0 Å². The topological polar surface area (TPSA) is 15.3 Å². The Morgan fingerprint density at radius 3 is 1.53 bits per heavy atom. The van der Waals surface area contributed by atoms with Gasteiger partial charge in [-0.25, -0.2) is 0 Å². The molecule has 0 saturated carbocycles. The number of benzene rings is 8. The summed E-state index contributed by atoms with van der Waals surface area (Å²) in [6.07, 6.45) is 0. The van der Waals surface area contributed by atoms with Gasteiger partial charge in [-0.2, -0.15) is 0 Å². The minimum absolute atomic E-state index is 0.0488. The SMILES string of the molecule is CC1(C)c2ccccc2-c2ccc(Nc3ccc4c(c3)C(C)(C)c3cc5ccccc5c(N(c5ccccc5)c5ccc6c(c5)C(C)(C)c5ccccc5-6)c3-4)cc21. The first-order valence-corrected chi connectivity index (χ1v) is 20.4. The summed E-state index contributed by atoms with van der Waals surface area (Å²) in [5, 5.41) is 6.34. The van der Waals surface area contributed by atoms with Gasteiger partial charge in [0.2, 0.25) is 0 Å². The van der Waals surface area contributed by atoms with Crippen LogP contribution in [0.5, 0.6) is 0 Å². The first-order chi connectivity index (χ1) is 27.5. The molecule has 11 rings (SSSR count). The van der Waals surface area contributed by atoms with E-state index in [2.05, 4.69) is 216 Å². The van der Waals surface area contributed by atoms with Crippen LogP contribution in [0.3, 0.4) is 0 Å². The maximum atomic E-state index is 3.84. The first-order valence-electron chi connectivity index (χ1n) is 20.4. The van der Waals surface area contributed by atoms with Crippen LogP contribution >= 0.6 is 0 Å². The van der Waals surface area contributed by atoms with Crippen molar-refractivity contribution < 1.29 is 0 Å². The van der Waals surface area contributed by atoms with Crippen LogP contribution in [-0.2, 0) is 16.2 Å². The fourth-order valence-corrected chi connectivity index (χ4v) is 10.6. The van der Waals surface area contributed by atoms with E-state index in [1.165, 1.54) is 88.9 Å². The molecule has 1 N–H and O–H groups in total. The minimum atomic E-state index is -0.230. The average molecular weight is 735 g/mol. The van der Waals surface area contributed by atoms with Crippen LogP contribution in [-0.4, -0.2) is 0 Å². The summed E-state index contributed by atoms with van der Waals surface area (Å²) in [6, 6.07) is 61.2. The molecule has 0 aliphatic heterocycles. The maximum Gasteiger partial charge on any atom is 0.0621 e. The molecule has 0 heterocycles. The second-order valence-electron chi connectivity index (χ2n) is 17.9. The number of hydrogen-bond acceptors (Lipinski definition) is 2. The van der Waals surface area contributed by atoms with E-state index in [1.54, 1.807) is 0 Å². The number of hydrogen-bond donors (Lipinski definition) is 1. The predicted molar refractivity (Wildman–Crippen MR) is 241 cm³/mol. The predicted octanol–water partition coefficient (Wildman–Crippen LogP) is 15.0. The van der Waals surface area contributed by atoms with Gasteiger partial charge in [0, 0.05) is 49.9 Å². The average Bonchev–Trinajstić information content (AvgIpc) is 3.70. The molecule has 0 fully saturated rings. The normalized spacial score (nSPS) is 15.6. The number of anilines is 5. The van der Waals surface area contributed by atoms with Gasteiger partial charge < -0.3 is 10.2 Å². The van der Waals surface area contributed by atoms with Crippen molar-refractivity contribution >= 4 is 39.2 Å². The smallest absolute Gasteiger partial charge is 0.0621 e. The Hall–Kier alpha value is -6.38. The highest BCUT2D eigenvalue weighted by molar-refractivity contribution is 6.10. The molecule has 2 heteroatoms. The lowest BCUT2D eigenvalue weighted by atomic mass is 9.81. The van der Waals surface area contributed by atoms with Gasteiger partial charge in [0.05, 0.1) is 5.69 Å². The zero-order chi connectivity index (χ0) is 38.8. The lowest BCUT2D eigenvalue weighted by molar-refractivity contribution is 0.660. The maximum absolute atomic E-state index is 3.84. The number of nitrogens with one attached hydrogen (secondary N) is 1. The summed E-state index contributed by atoms with van der Waals surface area (Å²) >= 11 is 0. The van der Waals surface area contributed by atoms with E-state index in [9.17, 15) is 0 Å². The molecule has 3 aliphatic rings. The Bertz CT molecular complexity index is 2960. The summed E-state index contributed by atoms with van der Waals surface area (Å²) < 4.78 is 0. The quantitative estimate of drug-likeness (QED) is 0.189. The monoisotopic (exact) mass is 734 g/mol. The summed E-state index contributed by atoms with van der Waals surface area (Å²) in [5.41, 5.74) is 21.6. The van der Waals surface area contributed by atoms with Gasteiger partial charge >= 0.3 is 0 Å². The van der Waals surface area contributed by atoms with E-state index in [0.29, 0.717) is 0 Å². The van der Waals surface area contributed by atoms with Gasteiger partial charge in [-0.3, -0.25) is 0 Å². The van der Waals surface area contributed by atoms with Gasteiger partial charge in [-0.05, 0) is 121 Å². The van der Waals surface area contributed by atoms with Crippen molar-refractivity contribution in [1.82, 2.24) is 0 Å². The van der Waals surface area contributed by atoms with E-state index in [4.69, 9.17) is 0 Å². The van der Waals surface area contributed by atoms with Gasteiger partial charge in [-0.1, -0.05) is 151 Å². The molecule has 57 heavy (non-hydrogen) atoms. The number of para-hydroxylation sites is 1. The molecule has 8 aromatic carbocycles. The Balaban J connectivity index is 1.08. The minimum Gasteiger partial charge on any atom is -0.356 e. The summed E-state index contributed by atoms with van der Waals surface area (Å²) in [4.78, 5) is 2.53. The zero-order valence-electron chi connectivity index (χ0n) is 33.5. The molecule has 0 saturated heterocycles. The van der Waals surface area contributed by atoms with E-state index in [0.717, 1.165) is 17.1 Å². The van der Waals surface area contributed by atoms with E-state index >= 15 is 0 Å². The van der Waals surface area contributed by atoms with Crippen LogP contribution < -0.4 is 10.2 Å². The zero-order valence-corrected chi connectivity index (χ0v) is 33.5. The Kier molecular flexibility index (Phi) is 7.03. The largest absolute Gasteiger partial charge is 0.356 e. The van der Waals surface area contributed by atoms with Gasteiger partial charge in [0.25, 0.3) is 0 Å². The molecular formula is C55H46N2. The molecule has 0 bridgehead atoms. The number of fused-ring (bicyclic) bond motifs is 10. The summed E-state index contributed by atoms with van der Waals surface area (Å²) in [5.74, 6) is 0. The van der Waals surface area contributed by atoms with Crippen LogP contribution in [0.1, 0.15) is 74.9 Å². The second-order valence-corrected chi connectivity index (χ2v) is 17.9. The lowest BCUT2D eigenvalue weighted by Gasteiger charge is -2.31. The fourth-order valence-electron chi connectivity index (χ4n) is 10.6. The van der Waals surface area contributed by atoms with Crippen molar-refractivity contribution in [2.75, 3.05) is 10.2 Å². The third-order valence-electron chi connectivity index (χ3n) is 13.6. The van der Waals surface area contributed by atoms with Crippen molar-refractivity contribution in [1.29, 1.82) is 0 Å². The Morgan fingerprint density at radius 1 is 0.368 bits per heavy atom. The number of nitrogens with zero attached hydrogens (tertiary/aromatic N) is 1. The van der Waals surface area contributed by atoms with Gasteiger partial charge in [0.15, 0.2) is 0 Å². The third-order valence-corrected chi connectivity index (χ3v) is 13.6. The molecule has 0 atom stereocenters. The van der Waals surface area contributed by atoms with Crippen molar-refractivity contribution in [2.45, 2.75) is 57.8 Å². The molecule has 2 nitrogen and oxygen atoms in total. The summed E-state index contributed by atoms with van der Waals surface area (Å²) in [6.45, 7) is 14.2. The first kappa shape index (κ1) is 33.9. The number of rotatable bonds is 5. The van der Waals surface area contributed by atoms with Gasteiger partial charge in [0.1, 0.15) is 0 Å². The van der Waals surface area contributed by atoms with Crippen molar-refractivity contribution in [3.63, 3.8) is 0 Å². The lowest BCUT2D eigenvalue weighted by Crippen LogP contribution is -2.18. The Labute approximate surface area is 336 Å².